The molecule has 0 saturated carbocycles. The standard InChI is InChI=1S/C23H31N3O2S/c1-3-28-20-10-6-5-9-19(20)22-24-17(2)21(29-22)23(27)26-15-11-18(12-16-26)25-13-7-4-8-14-25/h5-6,9-10,18H,3-4,7-8,11-16H2,1-2H3. The molecule has 6 heteroatoms. The molecule has 0 radical (unpaired) electrons. The summed E-state index contributed by atoms with van der Waals surface area (Å²) in [7, 11) is 0. The molecule has 1 aromatic heterocycles. The van der Waals surface area contributed by atoms with E-state index in [-0.39, 0.29) is 5.91 Å². The highest BCUT2D eigenvalue weighted by molar-refractivity contribution is 7.17. The Morgan fingerprint density at radius 1 is 1.14 bits per heavy atom. The van der Waals surface area contributed by atoms with E-state index in [2.05, 4.69) is 4.90 Å². The van der Waals surface area contributed by atoms with Crippen molar-refractivity contribution in [2.24, 2.45) is 0 Å². The van der Waals surface area contributed by atoms with E-state index in [1.807, 2.05) is 43.0 Å². The van der Waals surface area contributed by atoms with Gasteiger partial charge in [-0.15, -0.1) is 11.3 Å². The third-order valence-electron chi connectivity index (χ3n) is 6.07. The monoisotopic (exact) mass is 413 g/mol. The van der Waals surface area contributed by atoms with E-state index in [1.54, 1.807) is 0 Å². The van der Waals surface area contributed by atoms with Gasteiger partial charge in [-0.3, -0.25) is 4.79 Å². The van der Waals surface area contributed by atoms with Gasteiger partial charge in [0, 0.05) is 19.1 Å². The average Bonchev–Trinajstić information content (AvgIpc) is 3.16. The summed E-state index contributed by atoms with van der Waals surface area (Å²) in [5.74, 6) is 0.960. The first-order valence-corrected chi connectivity index (χ1v) is 11.7. The lowest BCUT2D eigenvalue weighted by Gasteiger charge is -2.40. The molecule has 2 aromatic rings. The van der Waals surface area contributed by atoms with Crippen LogP contribution in [0.2, 0.25) is 0 Å². The van der Waals surface area contributed by atoms with Crippen LogP contribution in [-0.4, -0.2) is 59.5 Å². The van der Waals surface area contributed by atoms with Crippen molar-refractivity contribution in [1.82, 2.24) is 14.8 Å². The number of para-hydroxylation sites is 1. The topological polar surface area (TPSA) is 45.7 Å². The number of ether oxygens (including phenoxy) is 1. The zero-order chi connectivity index (χ0) is 20.2. The summed E-state index contributed by atoms with van der Waals surface area (Å²) >= 11 is 1.49. The summed E-state index contributed by atoms with van der Waals surface area (Å²) in [5, 5.41) is 0.859. The predicted molar refractivity (Wildman–Crippen MR) is 118 cm³/mol. The maximum atomic E-state index is 13.2. The number of likely N-dealkylation sites (tertiary alicyclic amines) is 2. The van der Waals surface area contributed by atoms with Crippen LogP contribution in [0.3, 0.4) is 0 Å². The number of nitrogens with zero attached hydrogens (tertiary/aromatic N) is 3. The molecule has 0 atom stereocenters. The Balaban J connectivity index is 1.45. The van der Waals surface area contributed by atoms with Crippen molar-refractivity contribution in [2.45, 2.75) is 52.0 Å². The van der Waals surface area contributed by atoms with Crippen molar-refractivity contribution in [3.8, 4) is 16.3 Å². The molecule has 2 aliphatic heterocycles. The molecule has 156 valence electrons. The van der Waals surface area contributed by atoms with Gasteiger partial charge in [0.2, 0.25) is 0 Å². The Kier molecular flexibility index (Phi) is 6.50. The molecule has 3 heterocycles. The highest BCUT2D eigenvalue weighted by Crippen LogP contribution is 2.35. The van der Waals surface area contributed by atoms with E-state index in [9.17, 15) is 4.79 Å². The van der Waals surface area contributed by atoms with E-state index in [1.165, 1.54) is 43.7 Å². The van der Waals surface area contributed by atoms with Crippen LogP contribution in [0.1, 0.15) is 54.4 Å². The fraction of sp³-hybridized carbons (Fsp3) is 0.565. The normalized spacial score (nSPS) is 18.8. The molecular formula is C23H31N3O2S. The highest BCUT2D eigenvalue weighted by atomic mass is 32.1. The molecular weight excluding hydrogens is 382 g/mol. The van der Waals surface area contributed by atoms with Crippen molar-refractivity contribution in [2.75, 3.05) is 32.8 Å². The number of carbonyl (C=O) groups excluding carboxylic acids is 1. The van der Waals surface area contributed by atoms with E-state index in [0.717, 1.165) is 52.8 Å². The van der Waals surface area contributed by atoms with Crippen LogP contribution in [-0.2, 0) is 0 Å². The number of rotatable bonds is 5. The third-order valence-corrected chi connectivity index (χ3v) is 7.25. The Morgan fingerprint density at radius 2 is 1.86 bits per heavy atom. The van der Waals surface area contributed by atoms with Crippen molar-refractivity contribution >= 4 is 17.2 Å². The Labute approximate surface area is 177 Å². The molecule has 1 amide bonds. The molecule has 0 aliphatic carbocycles. The van der Waals surface area contributed by atoms with E-state index >= 15 is 0 Å². The first-order chi connectivity index (χ1) is 14.2. The molecule has 2 aliphatic rings. The minimum atomic E-state index is 0.136. The number of aromatic nitrogens is 1. The number of hydrogen-bond donors (Lipinski definition) is 0. The number of aryl methyl sites for hydroxylation is 1. The molecule has 2 saturated heterocycles. The first-order valence-electron chi connectivity index (χ1n) is 10.9. The Hall–Kier alpha value is -1.92. The zero-order valence-corrected chi connectivity index (χ0v) is 18.3. The smallest absolute Gasteiger partial charge is 0.265 e. The summed E-state index contributed by atoms with van der Waals surface area (Å²) in [4.78, 5) is 23.4. The number of piperidine rings is 2. The summed E-state index contributed by atoms with van der Waals surface area (Å²) < 4.78 is 5.75. The molecule has 0 bridgehead atoms. The quantitative estimate of drug-likeness (QED) is 0.718. The second-order valence-electron chi connectivity index (χ2n) is 7.98. The van der Waals surface area contributed by atoms with E-state index in [4.69, 9.17) is 9.72 Å². The van der Waals surface area contributed by atoms with Gasteiger partial charge in [-0.2, -0.15) is 0 Å². The first kappa shape index (κ1) is 20.4. The highest BCUT2D eigenvalue weighted by Gasteiger charge is 2.30. The van der Waals surface area contributed by atoms with Crippen LogP contribution in [0.15, 0.2) is 24.3 Å². The minimum absolute atomic E-state index is 0.136. The maximum absolute atomic E-state index is 13.2. The largest absolute Gasteiger partial charge is 0.493 e. The predicted octanol–water partition coefficient (Wildman–Crippen LogP) is 4.61. The van der Waals surface area contributed by atoms with Crippen molar-refractivity contribution in [3.05, 3.63) is 34.8 Å². The van der Waals surface area contributed by atoms with Gasteiger partial charge in [-0.05, 0) is 64.8 Å². The van der Waals surface area contributed by atoms with Crippen LogP contribution in [0.4, 0.5) is 0 Å². The van der Waals surface area contributed by atoms with Crippen molar-refractivity contribution in [1.29, 1.82) is 0 Å². The lowest BCUT2D eigenvalue weighted by Crippen LogP contribution is -2.48. The fourth-order valence-corrected chi connectivity index (χ4v) is 5.56. The van der Waals surface area contributed by atoms with Crippen molar-refractivity contribution in [3.63, 3.8) is 0 Å². The van der Waals surface area contributed by atoms with Gasteiger partial charge in [-0.25, -0.2) is 4.98 Å². The molecule has 1 aromatic carbocycles. The molecule has 29 heavy (non-hydrogen) atoms. The van der Waals surface area contributed by atoms with Crippen LogP contribution in [0.25, 0.3) is 10.6 Å². The second-order valence-corrected chi connectivity index (χ2v) is 8.98. The van der Waals surface area contributed by atoms with Crippen LogP contribution in [0.5, 0.6) is 5.75 Å². The number of amides is 1. The molecule has 0 spiro atoms. The van der Waals surface area contributed by atoms with Gasteiger partial charge in [0.05, 0.1) is 17.9 Å². The van der Waals surface area contributed by atoms with Gasteiger partial charge in [-0.1, -0.05) is 18.6 Å². The number of carbonyl (C=O) groups is 1. The number of thiazole rings is 1. The Bertz CT molecular complexity index is 836. The summed E-state index contributed by atoms with van der Waals surface area (Å²) in [6.45, 7) is 8.69. The second kappa shape index (κ2) is 9.26. The summed E-state index contributed by atoms with van der Waals surface area (Å²) in [5.41, 5.74) is 1.78. The van der Waals surface area contributed by atoms with Crippen LogP contribution < -0.4 is 4.74 Å². The summed E-state index contributed by atoms with van der Waals surface area (Å²) in [6.07, 6.45) is 6.19. The van der Waals surface area contributed by atoms with Gasteiger partial charge in [0.25, 0.3) is 5.91 Å². The average molecular weight is 414 g/mol. The zero-order valence-electron chi connectivity index (χ0n) is 17.5. The van der Waals surface area contributed by atoms with Crippen molar-refractivity contribution < 1.29 is 9.53 Å². The number of hydrogen-bond acceptors (Lipinski definition) is 5. The van der Waals surface area contributed by atoms with E-state index < -0.39 is 0 Å². The summed E-state index contributed by atoms with van der Waals surface area (Å²) in [6, 6.07) is 8.58. The Morgan fingerprint density at radius 3 is 2.59 bits per heavy atom. The maximum Gasteiger partial charge on any atom is 0.265 e. The molecule has 0 unspecified atom stereocenters. The molecule has 2 fully saturated rings. The lowest BCUT2D eigenvalue weighted by atomic mass is 10.00. The molecule has 4 rings (SSSR count). The fourth-order valence-electron chi connectivity index (χ4n) is 4.50. The molecule has 0 N–H and O–H groups in total. The number of benzene rings is 1. The van der Waals surface area contributed by atoms with Crippen LogP contribution >= 0.6 is 11.3 Å². The van der Waals surface area contributed by atoms with Crippen LogP contribution in [0, 0.1) is 6.92 Å². The van der Waals surface area contributed by atoms with Gasteiger partial charge < -0.3 is 14.5 Å². The van der Waals surface area contributed by atoms with Gasteiger partial charge in [0.15, 0.2) is 0 Å². The molecule has 5 nitrogen and oxygen atoms in total. The lowest BCUT2D eigenvalue weighted by molar-refractivity contribution is 0.0593. The third kappa shape index (κ3) is 4.48. The minimum Gasteiger partial charge on any atom is -0.493 e. The SMILES string of the molecule is CCOc1ccccc1-c1nc(C)c(C(=O)N2CCC(N3CCCCC3)CC2)s1. The van der Waals surface area contributed by atoms with Gasteiger partial charge in [0.1, 0.15) is 15.6 Å². The van der Waals surface area contributed by atoms with Gasteiger partial charge >= 0.3 is 0 Å². The van der Waals surface area contributed by atoms with E-state index in [0.29, 0.717) is 12.6 Å².